The maximum Gasteiger partial charge on any atom is 0.196 e. The van der Waals surface area contributed by atoms with Gasteiger partial charge in [0.2, 0.25) is 0 Å². The number of pyridine rings is 1. The molecule has 3 nitrogen and oxygen atoms in total. The van der Waals surface area contributed by atoms with Crippen molar-refractivity contribution in [3.8, 4) is 0 Å². The van der Waals surface area contributed by atoms with Crippen molar-refractivity contribution in [3.05, 3.63) is 70.7 Å². The van der Waals surface area contributed by atoms with Crippen LogP contribution in [0.5, 0.6) is 0 Å². The van der Waals surface area contributed by atoms with Gasteiger partial charge in [-0.25, -0.2) is 0 Å². The van der Waals surface area contributed by atoms with E-state index in [1.165, 1.54) is 6.20 Å². The summed E-state index contributed by atoms with van der Waals surface area (Å²) in [6.45, 7) is 0. The predicted octanol–water partition coefficient (Wildman–Crippen LogP) is 1.76. The van der Waals surface area contributed by atoms with Gasteiger partial charge in [0, 0.05) is 24.0 Å². The van der Waals surface area contributed by atoms with Gasteiger partial charge in [-0.15, -0.1) is 0 Å². The lowest BCUT2D eigenvalue weighted by Crippen LogP contribution is -2.38. The molecule has 0 radical (unpaired) electrons. The van der Waals surface area contributed by atoms with Crippen LogP contribution in [0.4, 0.5) is 0 Å². The Labute approximate surface area is 106 Å². The van der Waals surface area contributed by atoms with Gasteiger partial charge in [-0.05, 0) is 18.1 Å². The molecule has 0 amide bonds. The van der Waals surface area contributed by atoms with Gasteiger partial charge >= 0.3 is 0 Å². The van der Waals surface area contributed by atoms with Gasteiger partial charge in [-0.2, -0.15) is 4.73 Å². The van der Waals surface area contributed by atoms with Crippen molar-refractivity contribution in [2.75, 3.05) is 0 Å². The van der Waals surface area contributed by atoms with Gasteiger partial charge < -0.3 is 10.3 Å². The summed E-state index contributed by atoms with van der Waals surface area (Å²) >= 11 is 0. The van der Waals surface area contributed by atoms with E-state index in [9.17, 15) is 10.3 Å². The molecule has 1 aromatic heterocycles. The van der Waals surface area contributed by atoms with Gasteiger partial charge in [0.05, 0.1) is 6.10 Å². The Morgan fingerprint density at radius 2 is 1.89 bits per heavy atom. The summed E-state index contributed by atoms with van der Waals surface area (Å²) in [4.78, 5) is 0. The molecule has 18 heavy (non-hydrogen) atoms. The smallest absolute Gasteiger partial charge is 0.196 e. The minimum absolute atomic E-state index is 0.0867. The highest BCUT2D eigenvalue weighted by molar-refractivity contribution is 5.36. The molecule has 1 aliphatic carbocycles. The van der Waals surface area contributed by atoms with Gasteiger partial charge in [0.1, 0.15) is 0 Å². The fraction of sp³-hybridized carbons (Fsp3) is 0.267. The highest BCUT2D eigenvalue weighted by atomic mass is 16.5. The van der Waals surface area contributed by atoms with Gasteiger partial charge in [0.25, 0.3) is 0 Å². The molecule has 0 saturated carbocycles. The number of rotatable bonds is 1. The first kappa shape index (κ1) is 11.2. The van der Waals surface area contributed by atoms with Gasteiger partial charge in [-0.1, -0.05) is 30.3 Å². The van der Waals surface area contributed by atoms with Crippen LogP contribution in [0.15, 0.2) is 48.7 Å². The number of hydrogen-bond donors (Lipinski definition) is 1. The molecule has 92 valence electrons. The molecule has 1 heterocycles. The van der Waals surface area contributed by atoms with E-state index < -0.39 is 6.10 Å². The molecule has 0 aliphatic heterocycles. The molecule has 0 unspecified atom stereocenters. The number of aliphatic hydroxyl groups is 1. The lowest BCUT2D eigenvalue weighted by Gasteiger charge is -2.29. The van der Waals surface area contributed by atoms with Gasteiger partial charge in [0.15, 0.2) is 11.9 Å². The summed E-state index contributed by atoms with van der Waals surface area (Å²) in [6.07, 6.45) is 2.39. The van der Waals surface area contributed by atoms with Gasteiger partial charge in [-0.3, -0.25) is 0 Å². The Hall–Kier alpha value is -1.87. The van der Waals surface area contributed by atoms with E-state index in [2.05, 4.69) is 0 Å². The first-order valence-corrected chi connectivity index (χ1v) is 6.21. The summed E-state index contributed by atoms with van der Waals surface area (Å²) in [5.41, 5.74) is 2.81. The number of fused-ring (bicyclic) bond motifs is 1. The van der Waals surface area contributed by atoms with E-state index in [-0.39, 0.29) is 5.92 Å². The first-order chi connectivity index (χ1) is 8.77. The van der Waals surface area contributed by atoms with Crippen LogP contribution < -0.4 is 4.73 Å². The molecule has 1 aromatic carbocycles. The molecule has 0 saturated heterocycles. The standard InChI is InChI=1S/C15H15NO2/c17-14-9-8-13-12(7-4-10-16(13)18)15(14)11-5-2-1-3-6-11/h1-7,10,14-15,17H,8-9H2/t14-,15-/m0/s1. The van der Waals surface area contributed by atoms with Crippen LogP contribution in [0.25, 0.3) is 0 Å². The Balaban J connectivity index is 2.13. The number of aromatic nitrogens is 1. The fourth-order valence-electron chi connectivity index (χ4n) is 2.80. The van der Waals surface area contributed by atoms with Crippen molar-refractivity contribution in [2.45, 2.75) is 24.9 Å². The molecule has 2 atom stereocenters. The Morgan fingerprint density at radius 3 is 2.67 bits per heavy atom. The zero-order valence-electron chi connectivity index (χ0n) is 9.99. The topological polar surface area (TPSA) is 47.2 Å². The Morgan fingerprint density at radius 1 is 1.11 bits per heavy atom. The molecule has 3 heteroatoms. The zero-order valence-corrected chi connectivity index (χ0v) is 9.99. The van der Waals surface area contributed by atoms with Crippen molar-refractivity contribution in [1.82, 2.24) is 0 Å². The van der Waals surface area contributed by atoms with Crippen molar-refractivity contribution >= 4 is 0 Å². The predicted molar refractivity (Wildman–Crippen MR) is 68.0 cm³/mol. The minimum Gasteiger partial charge on any atom is -0.618 e. The molecule has 3 rings (SSSR count). The third kappa shape index (κ3) is 1.77. The van der Waals surface area contributed by atoms with E-state index in [4.69, 9.17) is 0 Å². The highest BCUT2D eigenvalue weighted by Crippen LogP contribution is 2.35. The highest BCUT2D eigenvalue weighted by Gasteiger charge is 2.33. The third-order valence-corrected chi connectivity index (χ3v) is 3.65. The fourth-order valence-corrected chi connectivity index (χ4v) is 2.80. The van der Waals surface area contributed by atoms with Crippen molar-refractivity contribution in [2.24, 2.45) is 0 Å². The van der Waals surface area contributed by atoms with E-state index in [1.54, 1.807) is 6.07 Å². The average molecular weight is 241 g/mol. The maximum atomic E-state index is 11.8. The van der Waals surface area contributed by atoms with E-state index in [1.807, 2.05) is 36.4 Å². The van der Waals surface area contributed by atoms with E-state index in [0.29, 0.717) is 12.8 Å². The summed E-state index contributed by atoms with van der Waals surface area (Å²) in [5.74, 6) is -0.0867. The Bertz CT molecular complexity index is 554. The molecular weight excluding hydrogens is 226 g/mol. The quantitative estimate of drug-likeness (QED) is 0.611. The largest absolute Gasteiger partial charge is 0.618 e. The van der Waals surface area contributed by atoms with Crippen LogP contribution in [-0.4, -0.2) is 11.2 Å². The van der Waals surface area contributed by atoms with Crippen LogP contribution in [-0.2, 0) is 6.42 Å². The molecule has 0 spiro atoms. The molecule has 0 fully saturated rings. The SMILES string of the molecule is [O-][n+]1cccc2c1CC[C@H](O)[C@H]2c1ccccc1. The molecular formula is C15H15NO2. The number of nitrogens with zero attached hydrogens (tertiary/aromatic N) is 1. The van der Waals surface area contributed by atoms with Crippen LogP contribution in [0.2, 0.25) is 0 Å². The summed E-state index contributed by atoms with van der Waals surface area (Å²) < 4.78 is 0.928. The van der Waals surface area contributed by atoms with E-state index >= 15 is 0 Å². The zero-order chi connectivity index (χ0) is 12.5. The van der Waals surface area contributed by atoms with Crippen molar-refractivity contribution in [1.29, 1.82) is 0 Å². The average Bonchev–Trinajstić information content (AvgIpc) is 2.40. The molecule has 1 N–H and O–H groups in total. The second-order valence-electron chi connectivity index (χ2n) is 4.73. The van der Waals surface area contributed by atoms with Crippen LogP contribution in [0, 0.1) is 5.21 Å². The first-order valence-electron chi connectivity index (χ1n) is 6.21. The second kappa shape index (κ2) is 4.42. The monoisotopic (exact) mass is 241 g/mol. The molecule has 0 bridgehead atoms. The number of benzene rings is 1. The number of aliphatic hydroxyl groups excluding tert-OH is 1. The molecule has 1 aliphatic rings. The lowest BCUT2D eigenvalue weighted by atomic mass is 9.79. The second-order valence-corrected chi connectivity index (χ2v) is 4.73. The molecule has 2 aromatic rings. The summed E-state index contributed by atoms with van der Waals surface area (Å²) in [5, 5.41) is 22.0. The van der Waals surface area contributed by atoms with Crippen LogP contribution in [0.1, 0.15) is 29.2 Å². The lowest BCUT2D eigenvalue weighted by molar-refractivity contribution is -0.615. The summed E-state index contributed by atoms with van der Waals surface area (Å²) in [7, 11) is 0. The van der Waals surface area contributed by atoms with E-state index in [0.717, 1.165) is 21.6 Å². The van der Waals surface area contributed by atoms with Crippen LogP contribution in [0.3, 0.4) is 0 Å². The third-order valence-electron chi connectivity index (χ3n) is 3.65. The maximum absolute atomic E-state index is 11.8. The van der Waals surface area contributed by atoms with Crippen LogP contribution >= 0.6 is 0 Å². The minimum atomic E-state index is -0.415. The summed E-state index contributed by atoms with van der Waals surface area (Å²) in [6, 6.07) is 13.6. The normalized spacial score (nSPS) is 22.5. The van der Waals surface area contributed by atoms with Crippen molar-refractivity contribution < 1.29 is 9.84 Å². The number of hydrogen-bond acceptors (Lipinski definition) is 2. The Kier molecular flexibility index (Phi) is 2.76. The van der Waals surface area contributed by atoms with Crippen molar-refractivity contribution in [3.63, 3.8) is 0 Å².